The molecule has 0 aromatic heterocycles. The number of carbonyl (C=O) groups is 1. The number of likely N-dealkylation sites (tertiary alicyclic amines) is 1. The van der Waals surface area contributed by atoms with Gasteiger partial charge in [0, 0.05) is 20.2 Å². The van der Waals surface area contributed by atoms with Crippen LogP contribution in [0.1, 0.15) is 33.1 Å². The summed E-state index contributed by atoms with van der Waals surface area (Å²) < 4.78 is 5.24. The molecule has 1 unspecified atom stereocenters. The van der Waals surface area contributed by atoms with E-state index in [4.69, 9.17) is 10.5 Å². The summed E-state index contributed by atoms with van der Waals surface area (Å²) in [6, 6.07) is 0. The van der Waals surface area contributed by atoms with Crippen LogP contribution in [0.25, 0.3) is 0 Å². The molecule has 0 aromatic carbocycles. The molecule has 1 aliphatic rings. The lowest BCUT2D eigenvalue weighted by atomic mass is 9.92. The number of hydrogen-bond acceptors (Lipinski definition) is 3. The van der Waals surface area contributed by atoms with Gasteiger partial charge in [0.2, 0.25) is 5.91 Å². The zero-order chi connectivity index (χ0) is 11.5. The number of hydrogen-bond donors (Lipinski definition) is 1. The highest BCUT2D eigenvalue weighted by Gasteiger charge is 2.37. The standard InChI is InChI=1S/C11H22N2O2/c1-4-11(12,5-2)10(14)13-7-6-9(8-13)15-3/h9H,4-8,12H2,1-3H3. The molecular weight excluding hydrogens is 192 g/mol. The van der Waals surface area contributed by atoms with Crippen LogP contribution in [-0.4, -0.2) is 42.6 Å². The van der Waals surface area contributed by atoms with Crippen LogP contribution in [-0.2, 0) is 9.53 Å². The Labute approximate surface area is 91.8 Å². The van der Waals surface area contributed by atoms with Crippen molar-refractivity contribution in [2.75, 3.05) is 20.2 Å². The van der Waals surface area contributed by atoms with Gasteiger partial charge in [-0.25, -0.2) is 0 Å². The molecule has 0 spiro atoms. The van der Waals surface area contributed by atoms with Gasteiger partial charge in [-0.05, 0) is 19.3 Å². The Hall–Kier alpha value is -0.610. The van der Waals surface area contributed by atoms with Crippen LogP contribution >= 0.6 is 0 Å². The number of nitrogens with zero attached hydrogens (tertiary/aromatic N) is 1. The Kier molecular flexibility index (Phi) is 4.11. The molecule has 1 atom stereocenters. The summed E-state index contributed by atoms with van der Waals surface area (Å²) in [4.78, 5) is 14.0. The molecule has 1 fully saturated rings. The van der Waals surface area contributed by atoms with Crippen molar-refractivity contribution in [3.05, 3.63) is 0 Å². The smallest absolute Gasteiger partial charge is 0.242 e. The number of carbonyl (C=O) groups excluding carboxylic acids is 1. The van der Waals surface area contributed by atoms with Crippen molar-refractivity contribution in [1.82, 2.24) is 4.90 Å². The van der Waals surface area contributed by atoms with E-state index < -0.39 is 5.54 Å². The highest BCUT2D eigenvalue weighted by Crippen LogP contribution is 2.20. The first-order valence-electron chi connectivity index (χ1n) is 5.68. The van der Waals surface area contributed by atoms with Gasteiger partial charge in [0.05, 0.1) is 11.6 Å². The normalized spacial score (nSPS) is 22.1. The number of nitrogens with two attached hydrogens (primary N) is 1. The minimum atomic E-state index is -0.678. The minimum absolute atomic E-state index is 0.0760. The molecule has 0 bridgehead atoms. The molecule has 4 nitrogen and oxygen atoms in total. The first-order chi connectivity index (χ1) is 7.07. The maximum Gasteiger partial charge on any atom is 0.242 e. The summed E-state index contributed by atoms with van der Waals surface area (Å²) in [6.45, 7) is 5.39. The lowest BCUT2D eigenvalue weighted by Gasteiger charge is -2.30. The number of amides is 1. The van der Waals surface area contributed by atoms with E-state index in [1.165, 1.54) is 0 Å². The summed E-state index contributed by atoms with van der Waals surface area (Å²) in [5.41, 5.74) is 5.40. The second kappa shape index (κ2) is 4.94. The van der Waals surface area contributed by atoms with Crippen LogP contribution in [0.4, 0.5) is 0 Å². The van der Waals surface area contributed by atoms with Crippen LogP contribution < -0.4 is 5.73 Å². The monoisotopic (exact) mass is 214 g/mol. The maximum absolute atomic E-state index is 12.1. The lowest BCUT2D eigenvalue weighted by molar-refractivity contribution is -0.136. The third-order valence-corrected chi connectivity index (χ3v) is 3.45. The predicted octanol–water partition coefficient (Wildman–Crippen LogP) is 0.751. The van der Waals surface area contributed by atoms with Crippen molar-refractivity contribution < 1.29 is 9.53 Å². The molecule has 2 N–H and O–H groups in total. The SMILES string of the molecule is CCC(N)(CC)C(=O)N1CCC(OC)C1. The lowest BCUT2D eigenvalue weighted by Crippen LogP contribution is -2.54. The molecule has 1 saturated heterocycles. The van der Waals surface area contributed by atoms with Gasteiger partial charge in [0.1, 0.15) is 0 Å². The van der Waals surface area contributed by atoms with Gasteiger partial charge >= 0.3 is 0 Å². The Morgan fingerprint density at radius 2 is 2.13 bits per heavy atom. The minimum Gasteiger partial charge on any atom is -0.380 e. The first kappa shape index (κ1) is 12.5. The van der Waals surface area contributed by atoms with Crippen LogP contribution in [0.3, 0.4) is 0 Å². The van der Waals surface area contributed by atoms with Crippen LogP contribution in [0.5, 0.6) is 0 Å². The zero-order valence-corrected chi connectivity index (χ0v) is 9.95. The maximum atomic E-state index is 12.1. The van der Waals surface area contributed by atoms with Gasteiger partial charge in [-0.3, -0.25) is 4.79 Å². The quantitative estimate of drug-likeness (QED) is 0.751. The number of methoxy groups -OCH3 is 1. The van der Waals surface area contributed by atoms with Gasteiger partial charge < -0.3 is 15.4 Å². The van der Waals surface area contributed by atoms with Crippen molar-refractivity contribution in [2.45, 2.75) is 44.8 Å². The Morgan fingerprint density at radius 1 is 1.53 bits per heavy atom. The van der Waals surface area contributed by atoms with Gasteiger partial charge in [-0.15, -0.1) is 0 Å². The first-order valence-corrected chi connectivity index (χ1v) is 5.68. The van der Waals surface area contributed by atoms with E-state index in [0.29, 0.717) is 19.4 Å². The van der Waals surface area contributed by atoms with E-state index in [1.54, 1.807) is 7.11 Å². The highest BCUT2D eigenvalue weighted by atomic mass is 16.5. The van der Waals surface area contributed by atoms with Gasteiger partial charge in [0.15, 0.2) is 0 Å². The van der Waals surface area contributed by atoms with E-state index in [-0.39, 0.29) is 12.0 Å². The summed E-state index contributed by atoms with van der Waals surface area (Å²) in [5, 5.41) is 0. The van der Waals surface area contributed by atoms with Gasteiger partial charge in [-0.2, -0.15) is 0 Å². The predicted molar refractivity (Wildman–Crippen MR) is 59.5 cm³/mol. The Balaban J connectivity index is 2.61. The summed E-state index contributed by atoms with van der Waals surface area (Å²) in [5.74, 6) is 0.0760. The van der Waals surface area contributed by atoms with Gasteiger partial charge in [-0.1, -0.05) is 13.8 Å². The second-order valence-corrected chi connectivity index (χ2v) is 4.26. The summed E-state index contributed by atoms with van der Waals surface area (Å²) in [6.07, 6.45) is 2.49. The van der Waals surface area contributed by atoms with E-state index in [1.807, 2.05) is 18.7 Å². The molecule has 15 heavy (non-hydrogen) atoms. The van der Waals surface area contributed by atoms with E-state index >= 15 is 0 Å². The van der Waals surface area contributed by atoms with E-state index in [9.17, 15) is 4.79 Å². The van der Waals surface area contributed by atoms with Crippen molar-refractivity contribution in [3.63, 3.8) is 0 Å². The fraction of sp³-hybridized carbons (Fsp3) is 0.909. The molecule has 0 aromatic rings. The van der Waals surface area contributed by atoms with Crippen molar-refractivity contribution in [2.24, 2.45) is 5.73 Å². The number of rotatable bonds is 4. The largest absolute Gasteiger partial charge is 0.380 e. The zero-order valence-electron chi connectivity index (χ0n) is 9.95. The second-order valence-electron chi connectivity index (χ2n) is 4.26. The van der Waals surface area contributed by atoms with Crippen molar-refractivity contribution in [1.29, 1.82) is 0 Å². The summed E-state index contributed by atoms with van der Waals surface area (Å²) in [7, 11) is 1.69. The summed E-state index contributed by atoms with van der Waals surface area (Å²) >= 11 is 0. The Bertz CT molecular complexity index is 227. The fourth-order valence-corrected chi connectivity index (χ4v) is 1.97. The van der Waals surface area contributed by atoms with E-state index in [0.717, 1.165) is 13.0 Å². The van der Waals surface area contributed by atoms with Crippen molar-refractivity contribution in [3.8, 4) is 0 Å². The molecule has 0 aliphatic carbocycles. The Morgan fingerprint density at radius 3 is 2.53 bits per heavy atom. The topological polar surface area (TPSA) is 55.6 Å². The van der Waals surface area contributed by atoms with Gasteiger partial charge in [0.25, 0.3) is 0 Å². The highest BCUT2D eigenvalue weighted by molar-refractivity contribution is 5.86. The molecule has 0 radical (unpaired) electrons. The third kappa shape index (κ3) is 2.49. The van der Waals surface area contributed by atoms with Crippen LogP contribution in [0, 0.1) is 0 Å². The van der Waals surface area contributed by atoms with Crippen LogP contribution in [0.2, 0.25) is 0 Å². The number of ether oxygens (including phenoxy) is 1. The molecule has 88 valence electrons. The molecule has 1 rings (SSSR count). The van der Waals surface area contributed by atoms with Crippen LogP contribution in [0.15, 0.2) is 0 Å². The average molecular weight is 214 g/mol. The third-order valence-electron chi connectivity index (χ3n) is 3.45. The molecular formula is C11H22N2O2. The molecule has 1 heterocycles. The molecule has 4 heteroatoms. The molecule has 1 amide bonds. The fourth-order valence-electron chi connectivity index (χ4n) is 1.97. The van der Waals surface area contributed by atoms with Crippen molar-refractivity contribution >= 4 is 5.91 Å². The molecule has 0 saturated carbocycles. The van der Waals surface area contributed by atoms with E-state index in [2.05, 4.69) is 0 Å². The average Bonchev–Trinajstić information content (AvgIpc) is 2.75. The molecule has 1 aliphatic heterocycles.